The molecule has 0 fully saturated rings. The van der Waals surface area contributed by atoms with Crippen molar-refractivity contribution in [1.29, 1.82) is 0 Å². The number of amides is 1. The molecule has 2 N–H and O–H groups in total. The van der Waals surface area contributed by atoms with E-state index < -0.39 is 0 Å². The Morgan fingerprint density at radius 1 is 1.16 bits per heavy atom. The molecule has 1 unspecified atom stereocenters. The summed E-state index contributed by atoms with van der Waals surface area (Å²) >= 11 is 0. The van der Waals surface area contributed by atoms with E-state index in [4.69, 9.17) is 0 Å². The van der Waals surface area contributed by atoms with Gasteiger partial charge in [0, 0.05) is 25.2 Å². The first-order valence-corrected chi connectivity index (χ1v) is 8.55. The van der Waals surface area contributed by atoms with Crippen LogP contribution in [0.25, 0.3) is 6.08 Å². The molecule has 2 aromatic carbocycles. The molecular weight excluding hydrogens is 332 g/mol. The average molecular weight is 357 g/mol. The van der Waals surface area contributed by atoms with Crippen molar-refractivity contribution in [3.8, 4) is 0 Å². The Hall–Kier alpha value is -2.10. The maximum Gasteiger partial charge on any atom is 0.221 e. The van der Waals surface area contributed by atoms with Crippen LogP contribution in [0.3, 0.4) is 0 Å². The van der Waals surface area contributed by atoms with Crippen LogP contribution in [0.15, 0.2) is 54.6 Å². The topological polar surface area (TPSA) is 41.1 Å². The molecule has 0 saturated carbocycles. The molecule has 25 heavy (non-hydrogen) atoms. The minimum Gasteiger partial charge on any atom is -0.326 e. The van der Waals surface area contributed by atoms with Gasteiger partial charge in [-0.25, -0.2) is 0 Å². The van der Waals surface area contributed by atoms with Crippen LogP contribution in [0.4, 0.5) is 5.69 Å². The molecule has 0 aliphatic heterocycles. The third kappa shape index (κ3) is 5.45. The zero-order valence-corrected chi connectivity index (χ0v) is 15.3. The number of hydrogen-bond donors (Lipinski definition) is 2. The molecule has 4 heteroatoms. The number of fused-ring (bicyclic) bond motifs is 1. The number of benzene rings is 2. The Bertz CT molecular complexity index is 728. The Morgan fingerprint density at radius 2 is 1.96 bits per heavy atom. The third-order valence-electron chi connectivity index (χ3n) is 4.43. The van der Waals surface area contributed by atoms with E-state index in [9.17, 15) is 4.79 Å². The molecule has 0 spiro atoms. The number of halogens is 1. The second-order valence-electron chi connectivity index (χ2n) is 6.29. The van der Waals surface area contributed by atoms with E-state index in [1.807, 2.05) is 18.2 Å². The monoisotopic (exact) mass is 356 g/mol. The fraction of sp³-hybridized carbons (Fsp3) is 0.286. The van der Waals surface area contributed by atoms with Gasteiger partial charge in [-0.3, -0.25) is 4.79 Å². The van der Waals surface area contributed by atoms with Crippen molar-refractivity contribution >= 4 is 30.1 Å². The van der Waals surface area contributed by atoms with Crippen molar-refractivity contribution in [2.75, 3.05) is 11.9 Å². The summed E-state index contributed by atoms with van der Waals surface area (Å²) < 4.78 is 0. The summed E-state index contributed by atoms with van der Waals surface area (Å²) in [5, 5.41) is 6.57. The first-order chi connectivity index (χ1) is 11.7. The fourth-order valence-electron chi connectivity index (χ4n) is 3.28. The predicted molar refractivity (Wildman–Crippen MR) is 107 cm³/mol. The lowest BCUT2D eigenvalue weighted by atomic mass is 9.87. The largest absolute Gasteiger partial charge is 0.326 e. The second kappa shape index (κ2) is 9.40. The van der Waals surface area contributed by atoms with E-state index in [1.165, 1.54) is 16.7 Å². The fourth-order valence-corrected chi connectivity index (χ4v) is 3.28. The van der Waals surface area contributed by atoms with Gasteiger partial charge in [0.15, 0.2) is 0 Å². The molecule has 2 aromatic rings. The molecule has 1 amide bonds. The van der Waals surface area contributed by atoms with E-state index in [0.717, 1.165) is 31.5 Å². The number of rotatable bonds is 5. The van der Waals surface area contributed by atoms with Crippen molar-refractivity contribution in [1.82, 2.24) is 5.32 Å². The summed E-state index contributed by atoms with van der Waals surface area (Å²) in [5.74, 6) is -0.00491. The molecule has 0 aromatic heterocycles. The first-order valence-electron chi connectivity index (χ1n) is 8.55. The lowest BCUT2D eigenvalue weighted by Gasteiger charge is -2.27. The molecular formula is C21H25ClN2O. The van der Waals surface area contributed by atoms with Crippen LogP contribution in [0.2, 0.25) is 0 Å². The Labute approximate surface area is 155 Å². The molecule has 0 bridgehead atoms. The molecule has 3 nitrogen and oxygen atoms in total. The average Bonchev–Trinajstić information content (AvgIpc) is 2.59. The van der Waals surface area contributed by atoms with Crippen molar-refractivity contribution in [3.63, 3.8) is 0 Å². The van der Waals surface area contributed by atoms with Gasteiger partial charge >= 0.3 is 0 Å². The number of carbonyl (C=O) groups excluding carboxylic acids is 1. The minimum atomic E-state index is -0.00491. The molecule has 3 rings (SSSR count). The van der Waals surface area contributed by atoms with Gasteiger partial charge in [0.1, 0.15) is 0 Å². The minimum absolute atomic E-state index is 0. The zero-order valence-electron chi connectivity index (χ0n) is 14.5. The van der Waals surface area contributed by atoms with Crippen LogP contribution >= 0.6 is 12.4 Å². The van der Waals surface area contributed by atoms with Gasteiger partial charge in [-0.1, -0.05) is 54.6 Å². The Kier molecular flexibility index (Phi) is 7.23. The van der Waals surface area contributed by atoms with E-state index in [0.29, 0.717) is 6.04 Å². The van der Waals surface area contributed by atoms with Crippen LogP contribution in [0.1, 0.15) is 30.0 Å². The molecule has 1 aliphatic rings. The standard InChI is InChI=1S/C21H24N2O.ClH/c1-16(24)23-21-11-5-10-18-15-19(12-13-20(18)21)22-14-6-9-17-7-3-2-4-8-17;/h2-11,19,22H,12-15H2,1H3,(H,23,24);1H/b9-6-;. The van der Waals surface area contributed by atoms with Crippen molar-refractivity contribution in [2.45, 2.75) is 32.2 Å². The van der Waals surface area contributed by atoms with Gasteiger partial charge in [-0.2, -0.15) is 0 Å². The highest BCUT2D eigenvalue weighted by atomic mass is 35.5. The van der Waals surface area contributed by atoms with Crippen molar-refractivity contribution in [2.24, 2.45) is 0 Å². The second-order valence-corrected chi connectivity index (χ2v) is 6.29. The summed E-state index contributed by atoms with van der Waals surface area (Å²) in [6, 6.07) is 17.0. The van der Waals surface area contributed by atoms with Crippen LogP contribution < -0.4 is 10.6 Å². The van der Waals surface area contributed by atoms with E-state index >= 15 is 0 Å². The first kappa shape index (κ1) is 19.2. The molecule has 0 saturated heterocycles. The van der Waals surface area contributed by atoms with Crippen LogP contribution in [-0.2, 0) is 17.6 Å². The van der Waals surface area contributed by atoms with Gasteiger partial charge in [0.25, 0.3) is 0 Å². The van der Waals surface area contributed by atoms with Gasteiger partial charge in [-0.05, 0) is 42.0 Å². The SMILES string of the molecule is CC(=O)Nc1cccc2c1CCC(NC/C=C\c1ccccc1)C2.Cl. The highest BCUT2D eigenvalue weighted by molar-refractivity contribution is 5.89. The maximum atomic E-state index is 11.3. The van der Waals surface area contributed by atoms with E-state index in [1.54, 1.807) is 6.92 Å². The van der Waals surface area contributed by atoms with Crippen LogP contribution in [0.5, 0.6) is 0 Å². The van der Waals surface area contributed by atoms with Gasteiger partial charge < -0.3 is 10.6 Å². The molecule has 132 valence electrons. The Balaban J connectivity index is 0.00000225. The number of carbonyl (C=O) groups is 1. The lowest BCUT2D eigenvalue weighted by molar-refractivity contribution is -0.114. The quantitative estimate of drug-likeness (QED) is 0.841. The van der Waals surface area contributed by atoms with Gasteiger partial charge in [-0.15, -0.1) is 12.4 Å². The summed E-state index contributed by atoms with van der Waals surface area (Å²) in [5.41, 5.74) is 4.85. The summed E-state index contributed by atoms with van der Waals surface area (Å²) in [6.07, 6.45) is 7.45. The van der Waals surface area contributed by atoms with E-state index in [2.05, 4.69) is 53.1 Å². The lowest BCUT2D eigenvalue weighted by Crippen LogP contribution is -2.34. The summed E-state index contributed by atoms with van der Waals surface area (Å²) in [6.45, 7) is 2.44. The molecule has 0 heterocycles. The van der Waals surface area contributed by atoms with Crippen molar-refractivity contribution in [3.05, 3.63) is 71.3 Å². The normalized spacial score (nSPS) is 16.1. The predicted octanol–water partition coefficient (Wildman–Crippen LogP) is 4.23. The molecule has 1 atom stereocenters. The summed E-state index contributed by atoms with van der Waals surface area (Å²) in [7, 11) is 0. The van der Waals surface area contributed by atoms with E-state index in [-0.39, 0.29) is 18.3 Å². The molecule has 0 radical (unpaired) electrons. The number of anilines is 1. The maximum absolute atomic E-state index is 11.3. The Morgan fingerprint density at radius 3 is 2.72 bits per heavy atom. The highest BCUT2D eigenvalue weighted by Crippen LogP contribution is 2.28. The summed E-state index contributed by atoms with van der Waals surface area (Å²) in [4.78, 5) is 11.3. The zero-order chi connectivity index (χ0) is 16.8. The third-order valence-corrected chi connectivity index (χ3v) is 4.43. The smallest absolute Gasteiger partial charge is 0.221 e. The highest BCUT2D eigenvalue weighted by Gasteiger charge is 2.20. The van der Waals surface area contributed by atoms with Crippen LogP contribution in [-0.4, -0.2) is 18.5 Å². The molecule has 1 aliphatic carbocycles. The van der Waals surface area contributed by atoms with Crippen molar-refractivity contribution < 1.29 is 4.79 Å². The van der Waals surface area contributed by atoms with Crippen LogP contribution in [0, 0.1) is 0 Å². The van der Waals surface area contributed by atoms with Gasteiger partial charge in [0.2, 0.25) is 5.91 Å². The number of nitrogens with one attached hydrogen (secondary N) is 2. The van der Waals surface area contributed by atoms with Gasteiger partial charge in [0.05, 0.1) is 0 Å². The number of hydrogen-bond acceptors (Lipinski definition) is 2.